The second kappa shape index (κ2) is 6.99. The zero-order valence-corrected chi connectivity index (χ0v) is 11.5. The summed E-state index contributed by atoms with van der Waals surface area (Å²) < 4.78 is 22.5. The standard InChI is InChI=1S/C12H18ClNO2S/c1-2-17(15,16)9-8-14-10-12(13)11-6-4-3-5-7-11/h3-7,12,14H,2,8-10H2,1H3. The lowest BCUT2D eigenvalue weighted by atomic mass is 10.1. The van der Waals surface area contributed by atoms with Crippen LogP contribution in [0, 0.1) is 0 Å². The molecule has 0 spiro atoms. The molecule has 0 fully saturated rings. The molecule has 0 aromatic heterocycles. The Morgan fingerprint density at radius 2 is 1.94 bits per heavy atom. The maximum Gasteiger partial charge on any atom is 0.151 e. The Morgan fingerprint density at radius 3 is 2.53 bits per heavy atom. The van der Waals surface area contributed by atoms with Gasteiger partial charge in [0.1, 0.15) is 0 Å². The fourth-order valence-corrected chi connectivity index (χ4v) is 2.38. The lowest BCUT2D eigenvalue weighted by molar-refractivity contribution is 0.591. The van der Waals surface area contributed by atoms with Gasteiger partial charge in [0.15, 0.2) is 9.84 Å². The molecule has 1 atom stereocenters. The van der Waals surface area contributed by atoms with E-state index in [1.165, 1.54) is 0 Å². The lowest BCUT2D eigenvalue weighted by Gasteiger charge is -2.10. The van der Waals surface area contributed by atoms with Crippen molar-refractivity contribution in [1.82, 2.24) is 5.32 Å². The molecule has 5 heteroatoms. The molecule has 0 heterocycles. The van der Waals surface area contributed by atoms with Crippen molar-refractivity contribution in [3.63, 3.8) is 0 Å². The second-order valence-electron chi connectivity index (χ2n) is 3.82. The van der Waals surface area contributed by atoms with Crippen LogP contribution < -0.4 is 5.32 Å². The maximum absolute atomic E-state index is 11.2. The van der Waals surface area contributed by atoms with E-state index in [1.54, 1.807) is 6.92 Å². The molecular weight excluding hydrogens is 258 g/mol. The minimum Gasteiger partial charge on any atom is -0.314 e. The first-order chi connectivity index (χ1) is 8.05. The highest BCUT2D eigenvalue weighted by Gasteiger charge is 2.09. The van der Waals surface area contributed by atoms with Crippen LogP contribution in [-0.2, 0) is 9.84 Å². The largest absolute Gasteiger partial charge is 0.314 e. The number of sulfone groups is 1. The summed E-state index contributed by atoms with van der Waals surface area (Å²) in [5, 5.41) is 2.94. The van der Waals surface area contributed by atoms with Crippen molar-refractivity contribution >= 4 is 21.4 Å². The van der Waals surface area contributed by atoms with Gasteiger partial charge in [-0.15, -0.1) is 11.6 Å². The maximum atomic E-state index is 11.2. The van der Waals surface area contributed by atoms with Crippen molar-refractivity contribution in [2.75, 3.05) is 24.6 Å². The van der Waals surface area contributed by atoms with Crippen molar-refractivity contribution in [3.8, 4) is 0 Å². The zero-order valence-electron chi connectivity index (χ0n) is 9.90. The smallest absolute Gasteiger partial charge is 0.151 e. The molecule has 0 saturated heterocycles. The number of rotatable bonds is 7. The van der Waals surface area contributed by atoms with E-state index in [-0.39, 0.29) is 16.9 Å². The van der Waals surface area contributed by atoms with Crippen molar-refractivity contribution in [1.29, 1.82) is 0 Å². The van der Waals surface area contributed by atoms with Gasteiger partial charge in [0.2, 0.25) is 0 Å². The molecule has 0 saturated carbocycles. The Kier molecular flexibility index (Phi) is 5.95. The molecule has 1 rings (SSSR count). The van der Waals surface area contributed by atoms with E-state index in [1.807, 2.05) is 30.3 Å². The molecule has 0 radical (unpaired) electrons. The van der Waals surface area contributed by atoms with Crippen molar-refractivity contribution in [3.05, 3.63) is 35.9 Å². The normalized spacial score (nSPS) is 13.5. The number of nitrogens with one attached hydrogen (secondary N) is 1. The highest BCUT2D eigenvalue weighted by atomic mass is 35.5. The molecule has 1 unspecified atom stereocenters. The molecule has 1 aromatic carbocycles. The predicted molar refractivity (Wildman–Crippen MR) is 72.2 cm³/mol. The van der Waals surface area contributed by atoms with Crippen LogP contribution in [0.1, 0.15) is 17.9 Å². The summed E-state index contributed by atoms with van der Waals surface area (Å²) in [6.45, 7) is 2.68. The second-order valence-corrected chi connectivity index (χ2v) is 6.82. The van der Waals surface area contributed by atoms with E-state index < -0.39 is 9.84 Å². The molecule has 0 aliphatic heterocycles. The molecule has 17 heavy (non-hydrogen) atoms. The fraction of sp³-hybridized carbons (Fsp3) is 0.500. The summed E-state index contributed by atoms with van der Waals surface area (Å²) in [6, 6.07) is 9.73. The van der Waals surface area contributed by atoms with E-state index >= 15 is 0 Å². The van der Waals surface area contributed by atoms with Crippen LogP contribution in [0.5, 0.6) is 0 Å². The van der Waals surface area contributed by atoms with Crippen LogP contribution in [-0.4, -0.2) is 33.0 Å². The number of hydrogen-bond acceptors (Lipinski definition) is 3. The molecule has 96 valence electrons. The number of hydrogen-bond donors (Lipinski definition) is 1. The molecule has 1 aromatic rings. The fourth-order valence-electron chi connectivity index (χ4n) is 1.38. The molecular formula is C12H18ClNO2S. The molecule has 0 aliphatic carbocycles. The van der Waals surface area contributed by atoms with E-state index in [4.69, 9.17) is 11.6 Å². The SMILES string of the molecule is CCS(=O)(=O)CCNCC(Cl)c1ccccc1. The van der Waals surface area contributed by atoms with Gasteiger partial charge in [-0.3, -0.25) is 0 Å². The van der Waals surface area contributed by atoms with Gasteiger partial charge in [-0.2, -0.15) is 0 Å². The zero-order chi connectivity index (χ0) is 12.7. The molecule has 1 N–H and O–H groups in total. The quantitative estimate of drug-likeness (QED) is 0.611. The van der Waals surface area contributed by atoms with Gasteiger partial charge in [-0.05, 0) is 5.56 Å². The van der Waals surface area contributed by atoms with E-state index in [0.717, 1.165) is 5.56 Å². The van der Waals surface area contributed by atoms with E-state index in [0.29, 0.717) is 13.1 Å². The van der Waals surface area contributed by atoms with Crippen molar-refractivity contribution in [2.45, 2.75) is 12.3 Å². The van der Waals surface area contributed by atoms with E-state index in [2.05, 4.69) is 5.32 Å². The van der Waals surface area contributed by atoms with Crippen LogP contribution >= 0.6 is 11.6 Å². The van der Waals surface area contributed by atoms with Gasteiger partial charge in [0.25, 0.3) is 0 Å². The summed E-state index contributed by atoms with van der Waals surface area (Å²) in [4.78, 5) is 0. The first kappa shape index (κ1) is 14.5. The summed E-state index contributed by atoms with van der Waals surface area (Å²) in [6.07, 6.45) is 0. The molecule has 3 nitrogen and oxygen atoms in total. The van der Waals surface area contributed by atoms with Crippen LogP contribution in [0.2, 0.25) is 0 Å². The van der Waals surface area contributed by atoms with Gasteiger partial charge < -0.3 is 5.32 Å². The van der Waals surface area contributed by atoms with Gasteiger partial charge in [-0.1, -0.05) is 37.3 Å². The lowest BCUT2D eigenvalue weighted by Crippen LogP contribution is -2.26. The Bertz CT molecular complexity index is 419. The van der Waals surface area contributed by atoms with Gasteiger partial charge in [0, 0.05) is 18.8 Å². The predicted octanol–water partition coefficient (Wildman–Crippen LogP) is 1.99. The van der Waals surface area contributed by atoms with E-state index in [9.17, 15) is 8.42 Å². The Morgan fingerprint density at radius 1 is 1.29 bits per heavy atom. The third-order valence-corrected chi connectivity index (χ3v) is 4.63. The first-order valence-electron chi connectivity index (χ1n) is 5.65. The number of alkyl halides is 1. The van der Waals surface area contributed by atoms with Crippen LogP contribution in [0.3, 0.4) is 0 Å². The van der Waals surface area contributed by atoms with Crippen molar-refractivity contribution in [2.24, 2.45) is 0 Å². The minimum absolute atomic E-state index is 0.125. The minimum atomic E-state index is -2.89. The number of halogens is 1. The van der Waals surface area contributed by atoms with Crippen LogP contribution in [0.4, 0.5) is 0 Å². The Balaban J connectivity index is 2.28. The topological polar surface area (TPSA) is 46.2 Å². The summed E-state index contributed by atoms with van der Waals surface area (Å²) in [7, 11) is -2.89. The third-order valence-electron chi connectivity index (χ3n) is 2.51. The van der Waals surface area contributed by atoms with Crippen molar-refractivity contribution < 1.29 is 8.42 Å². The summed E-state index contributed by atoms with van der Waals surface area (Å²) in [5.74, 6) is 0.361. The molecule has 0 amide bonds. The summed E-state index contributed by atoms with van der Waals surface area (Å²) in [5.41, 5.74) is 1.04. The summed E-state index contributed by atoms with van der Waals surface area (Å²) >= 11 is 6.18. The monoisotopic (exact) mass is 275 g/mol. The third kappa shape index (κ3) is 5.52. The highest BCUT2D eigenvalue weighted by Crippen LogP contribution is 2.18. The first-order valence-corrected chi connectivity index (χ1v) is 7.91. The Hall–Kier alpha value is -0.580. The van der Waals surface area contributed by atoms with Gasteiger partial charge in [-0.25, -0.2) is 8.42 Å². The van der Waals surface area contributed by atoms with Crippen LogP contribution in [0.15, 0.2) is 30.3 Å². The Labute approximate surface area is 108 Å². The number of benzene rings is 1. The molecule has 0 aliphatic rings. The average Bonchev–Trinajstić information content (AvgIpc) is 2.35. The average molecular weight is 276 g/mol. The van der Waals surface area contributed by atoms with Gasteiger partial charge >= 0.3 is 0 Å². The molecule has 0 bridgehead atoms. The van der Waals surface area contributed by atoms with Crippen LogP contribution in [0.25, 0.3) is 0 Å². The van der Waals surface area contributed by atoms with Gasteiger partial charge in [0.05, 0.1) is 11.1 Å². The highest BCUT2D eigenvalue weighted by molar-refractivity contribution is 7.91.